The van der Waals surface area contributed by atoms with E-state index in [1.807, 2.05) is 25.5 Å². The van der Waals surface area contributed by atoms with Gasteiger partial charge in [-0.05, 0) is 45.0 Å². The third kappa shape index (κ3) is 4.75. The predicted molar refractivity (Wildman–Crippen MR) is 111 cm³/mol. The molecule has 2 aromatic rings. The van der Waals surface area contributed by atoms with Crippen LogP contribution in [-0.2, 0) is 26.1 Å². The van der Waals surface area contributed by atoms with Gasteiger partial charge in [-0.3, -0.25) is 9.48 Å². The number of carbonyl (C=O) groups excluding carboxylic acids is 1. The molecule has 0 aliphatic carbocycles. The summed E-state index contributed by atoms with van der Waals surface area (Å²) in [5.74, 6) is -0.339. The number of ether oxygens (including phenoxy) is 1. The highest BCUT2D eigenvalue weighted by atomic mass is 32.2. The highest BCUT2D eigenvalue weighted by Crippen LogP contribution is 2.21. The van der Waals surface area contributed by atoms with Crippen molar-refractivity contribution in [1.82, 2.24) is 14.1 Å². The summed E-state index contributed by atoms with van der Waals surface area (Å²) in [6.07, 6.45) is 3.16. The number of hydrogen-bond acceptors (Lipinski definition) is 5. The standard InChI is InChI=1S/C20H26N4O4S/c1-4-24-16(3)19(15(2)22-24)8-9-20(25)21-17-6-5-7-18(14-17)29(26,27)23-10-12-28-13-11-23/h5-9,14H,4,10-13H2,1-3H3,(H,21,25)/b9-8+. The van der Waals surface area contributed by atoms with Gasteiger partial charge in [0.25, 0.3) is 0 Å². The van der Waals surface area contributed by atoms with Crippen molar-refractivity contribution < 1.29 is 17.9 Å². The van der Waals surface area contributed by atoms with E-state index in [1.54, 1.807) is 18.2 Å². The summed E-state index contributed by atoms with van der Waals surface area (Å²) in [4.78, 5) is 12.5. The topological polar surface area (TPSA) is 93.5 Å². The molecule has 0 radical (unpaired) electrons. The molecule has 1 amide bonds. The highest BCUT2D eigenvalue weighted by Gasteiger charge is 2.26. The molecule has 1 saturated heterocycles. The van der Waals surface area contributed by atoms with Crippen molar-refractivity contribution in [1.29, 1.82) is 0 Å². The average Bonchev–Trinajstić information content (AvgIpc) is 3.00. The van der Waals surface area contributed by atoms with Crippen LogP contribution in [0.3, 0.4) is 0 Å². The first-order chi connectivity index (χ1) is 13.8. The molecule has 3 rings (SSSR count). The molecule has 0 unspecified atom stereocenters. The van der Waals surface area contributed by atoms with E-state index in [4.69, 9.17) is 4.74 Å². The first kappa shape index (κ1) is 21.2. The van der Waals surface area contributed by atoms with Crippen molar-refractivity contribution >= 4 is 27.7 Å². The Labute approximate surface area is 171 Å². The molecule has 2 heterocycles. The molecule has 1 fully saturated rings. The molecule has 156 valence electrons. The van der Waals surface area contributed by atoms with E-state index in [9.17, 15) is 13.2 Å². The fourth-order valence-corrected chi connectivity index (χ4v) is 4.73. The van der Waals surface area contributed by atoms with Gasteiger partial charge in [-0.2, -0.15) is 9.40 Å². The van der Waals surface area contributed by atoms with Crippen LogP contribution in [-0.4, -0.2) is 54.7 Å². The lowest BCUT2D eigenvalue weighted by Gasteiger charge is -2.26. The fourth-order valence-electron chi connectivity index (χ4n) is 3.27. The number of nitrogens with one attached hydrogen (secondary N) is 1. The minimum Gasteiger partial charge on any atom is -0.379 e. The van der Waals surface area contributed by atoms with Gasteiger partial charge in [0.2, 0.25) is 15.9 Å². The lowest BCUT2D eigenvalue weighted by Crippen LogP contribution is -2.40. The number of hydrogen-bond donors (Lipinski definition) is 1. The maximum Gasteiger partial charge on any atom is 0.248 e. The summed E-state index contributed by atoms with van der Waals surface area (Å²) in [7, 11) is -3.61. The molecule has 9 heteroatoms. The molecule has 1 aromatic heterocycles. The van der Waals surface area contributed by atoms with Crippen LogP contribution in [0.4, 0.5) is 5.69 Å². The SMILES string of the molecule is CCn1nc(C)c(/C=C/C(=O)Nc2cccc(S(=O)(=O)N3CCOCC3)c2)c1C. The van der Waals surface area contributed by atoms with Gasteiger partial charge in [-0.25, -0.2) is 8.42 Å². The van der Waals surface area contributed by atoms with E-state index >= 15 is 0 Å². The molecule has 1 aromatic carbocycles. The van der Waals surface area contributed by atoms with Gasteiger partial charge in [0, 0.05) is 42.7 Å². The van der Waals surface area contributed by atoms with E-state index in [1.165, 1.54) is 22.5 Å². The smallest absolute Gasteiger partial charge is 0.248 e. The van der Waals surface area contributed by atoms with Gasteiger partial charge in [0.15, 0.2) is 0 Å². The Kier molecular flexibility index (Phi) is 6.51. The van der Waals surface area contributed by atoms with E-state index in [-0.39, 0.29) is 10.8 Å². The second kappa shape index (κ2) is 8.89. The van der Waals surface area contributed by atoms with Crippen LogP contribution in [0, 0.1) is 13.8 Å². The number of rotatable bonds is 6. The molecule has 1 aliphatic rings. The first-order valence-electron chi connectivity index (χ1n) is 9.54. The largest absolute Gasteiger partial charge is 0.379 e. The van der Waals surface area contributed by atoms with Gasteiger partial charge in [-0.1, -0.05) is 6.07 Å². The van der Waals surface area contributed by atoms with E-state index in [0.29, 0.717) is 32.0 Å². The molecule has 0 atom stereocenters. The van der Waals surface area contributed by atoms with Crippen LogP contribution < -0.4 is 5.32 Å². The van der Waals surface area contributed by atoms with Crippen LogP contribution in [0.25, 0.3) is 6.08 Å². The average molecular weight is 419 g/mol. The number of carbonyl (C=O) groups is 1. The van der Waals surface area contributed by atoms with Crippen LogP contribution in [0.2, 0.25) is 0 Å². The summed E-state index contributed by atoms with van der Waals surface area (Å²) in [6.45, 7) is 8.05. The number of aryl methyl sites for hydroxylation is 2. The summed E-state index contributed by atoms with van der Waals surface area (Å²) in [6, 6.07) is 6.28. The van der Waals surface area contributed by atoms with Crippen molar-refractivity contribution in [3.05, 3.63) is 47.3 Å². The number of morpholine rings is 1. The molecule has 0 bridgehead atoms. The second-order valence-corrected chi connectivity index (χ2v) is 8.71. The van der Waals surface area contributed by atoms with Gasteiger partial charge in [0.1, 0.15) is 0 Å². The zero-order valence-corrected chi connectivity index (χ0v) is 17.7. The summed E-state index contributed by atoms with van der Waals surface area (Å²) in [5, 5.41) is 7.15. The zero-order valence-electron chi connectivity index (χ0n) is 16.9. The van der Waals surface area contributed by atoms with Crippen molar-refractivity contribution in [3.8, 4) is 0 Å². The van der Waals surface area contributed by atoms with Crippen LogP contribution in [0.5, 0.6) is 0 Å². The quantitative estimate of drug-likeness (QED) is 0.726. The number of benzene rings is 1. The third-order valence-corrected chi connectivity index (χ3v) is 6.74. The molecule has 29 heavy (non-hydrogen) atoms. The van der Waals surface area contributed by atoms with E-state index in [2.05, 4.69) is 10.4 Å². The maximum absolute atomic E-state index is 12.8. The van der Waals surface area contributed by atoms with Crippen LogP contribution >= 0.6 is 0 Å². The summed E-state index contributed by atoms with van der Waals surface area (Å²) >= 11 is 0. The first-order valence-corrected chi connectivity index (χ1v) is 11.0. The second-order valence-electron chi connectivity index (χ2n) is 6.77. The molecule has 8 nitrogen and oxygen atoms in total. The number of anilines is 1. The van der Waals surface area contributed by atoms with E-state index in [0.717, 1.165) is 23.5 Å². The number of nitrogens with zero attached hydrogens (tertiary/aromatic N) is 3. The Morgan fingerprint density at radius 3 is 2.66 bits per heavy atom. The molecule has 1 aliphatic heterocycles. The van der Waals surface area contributed by atoms with E-state index < -0.39 is 10.0 Å². The van der Waals surface area contributed by atoms with Crippen molar-refractivity contribution in [2.75, 3.05) is 31.6 Å². The Balaban J connectivity index is 1.73. The molecule has 0 saturated carbocycles. The summed E-state index contributed by atoms with van der Waals surface area (Å²) < 4.78 is 34.1. The lowest BCUT2D eigenvalue weighted by molar-refractivity contribution is -0.111. The number of sulfonamides is 1. The molecular formula is C20H26N4O4S. The number of aromatic nitrogens is 2. The molecule has 1 N–H and O–H groups in total. The lowest BCUT2D eigenvalue weighted by atomic mass is 10.2. The number of amides is 1. The highest BCUT2D eigenvalue weighted by molar-refractivity contribution is 7.89. The third-order valence-electron chi connectivity index (χ3n) is 4.85. The fraction of sp³-hybridized carbons (Fsp3) is 0.400. The monoisotopic (exact) mass is 418 g/mol. The van der Waals surface area contributed by atoms with Gasteiger partial charge in [-0.15, -0.1) is 0 Å². The normalized spacial score (nSPS) is 15.7. The van der Waals surface area contributed by atoms with Crippen molar-refractivity contribution in [3.63, 3.8) is 0 Å². The Morgan fingerprint density at radius 2 is 2.00 bits per heavy atom. The Hall–Kier alpha value is -2.49. The molecular weight excluding hydrogens is 392 g/mol. The minimum atomic E-state index is -3.61. The van der Waals surface area contributed by atoms with Crippen LogP contribution in [0.15, 0.2) is 35.2 Å². The Morgan fingerprint density at radius 1 is 1.28 bits per heavy atom. The van der Waals surface area contributed by atoms with Crippen molar-refractivity contribution in [2.24, 2.45) is 0 Å². The molecule has 0 spiro atoms. The van der Waals surface area contributed by atoms with Gasteiger partial charge in [0.05, 0.1) is 23.8 Å². The van der Waals surface area contributed by atoms with Crippen LogP contribution in [0.1, 0.15) is 23.9 Å². The predicted octanol–water partition coefficient (Wildman–Crippen LogP) is 2.19. The minimum absolute atomic E-state index is 0.150. The maximum atomic E-state index is 12.8. The van der Waals surface area contributed by atoms with Crippen molar-refractivity contribution in [2.45, 2.75) is 32.2 Å². The van der Waals surface area contributed by atoms with Gasteiger partial charge < -0.3 is 10.1 Å². The summed E-state index contributed by atoms with van der Waals surface area (Å²) in [5.41, 5.74) is 3.18. The van der Waals surface area contributed by atoms with Gasteiger partial charge >= 0.3 is 0 Å². The Bertz CT molecular complexity index is 1020. The zero-order chi connectivity index (χ0) is 21.0.